The zero-order valence-electron chi connectivity index (χ0n) is 15.2. The van der Waals surface area contributed by atoms with Crippen molar-refractivity contribution in [1.29, 1.82) is 0 Å². The number of furan rings is 1. The topological polar surface area (TPSA) is 84.4 Å². The Morgan fingerprint density at radius 1 is 1.26 bits per heavy atom. The third-order valence-corrected chi connectivity index (χ3v) is 5.12. The molecule has 0 saturated carbocycles. The van der Waals surface area contributed by atoms with Gasteiger partial charge in [-0.15, -0.1) is 0 Å². The molecule has 2 aromatic heterocycles. The first kappa shape index (κ1) is 17.7. The average molecular weight is 364 g/mol. The van der Waals surface area contributed by atoms with Gasteiger partial charge in [0.05, 0.1) is 12.6 Å². The molecule has 1 amide bonds. The fraction of sp³-hybridized carbons (Fsp3) is 0.333. The summed E-state index contributed by atoms with van der Waals surface area (Å²) in [5.74, 6) is 0.626. The van der Waals surface area contributed by atoms with E-state index >= 15 is 0 Å². The van der Waals surface area contributed by atoms with Gasteiger partial charge >= 0.3 is 0 Å². The van der Waals surface area contributed by atoms with Gasteiger partial charge in [-0.25, -0.2) is 0 Å². The summed E-state index contributed by atoms with van der Waals surface area (Å²) in [5.41, 5.74) is 7.28. The van der Waals surface area contributed by atoms with Crippen LogP contribution < -0.4 is 11.1 Å². The molecule has 140 valence electrons. The average Bonchev–Trinajstić information content (AvgIpc) is 3.11. The fourth-order valence-corrected chi connectivity index (χ4v) is 3.75. The molecule has 4 rings (SSSR count). The maximum absolute atomic E-state index is 11.1. The lowest BCUT2D eigenvalue weighted by Crippen LogP contribution is -2.46. The van der Waals surface area contributed by atoms with Gasteiger partial charge in [0, 0.05) is 36.9 Å². The number of hydrogen-bond acceptors (Lipinski definition) is 5. The summed E-state index contributed by atoms with van der Waals surface area (Å²) in [7, 11) is 0. The van der Waals surface area contributed by atoms with E-state index in [1.165, 1.54) is 0 Å². The minimum atomic E-state index is -0.267. The third kappa shape index (κ3) is 4.18. The first-order valence-corrected chi connectivity index (χ1v) is 9.34. The molecule has 0 spiro atoms. The molecule has 3 heterocycles. The van der Waals surface area contributed by atoms with E-state index in [2.05, 4.69) is 33.4 Å². The highest BCUT2D eigenvalue weighted by Gasteiger charge is 2.26. The summed E-state index contributed by atoms with van der Waals surface area (Å²) in [6, 6.07) is 14.4. The number of fused-ring (bicyclic) bond motifs is 1. The van der Waals surface area contributed by atoms with Crippen molar-refractivity contribution in [2.24, 2.45) is 5.73 Å². The van der Waals surface area contributed by atoms with Gasteiger partial charge in [0.1, 0.15) is 11.3 Å². The zero-order valence-corrected chi connectivity index (χ0v) is 15.2. The molecular weight excluding hydrogens is 340 g/mol. The van der Waals surface area contributed by atoms with E-state index < -0.39 is 0 Å². The first-order chi connectivity index (χ1) is 13.2. The van der Waals surface area contributed by atoms with Gasteiger partial charge in [0.25, 0.3) is 0 Å². The Bertz CT molecular complexity index is 868. The molecule has 6 heteroatoms. The Morgan fingerprint density at radius 3 is 2.78 bits per heavy atom. The number of nitrogens with two attached hydrogens (primary N) is 1. The molecule has 0 aliphatic carbocycles. The number of rotatable bonds is 6. The largest absolute Gasteiger partial charge is 0.459 e. The summed E-state index contributed by atoms with van der Waals surface area (Å²) >= 11 is 0. The van der Waals surface area contributed by atoms with Crippen molar-refractivity contribution in [1.82, 2.24) is 15.2 Å². The smallest absolute Gasteiger partial charge is 0.231 e. The van der Waals surface area contributed by atoms with Crippen LogP contribution in [0.25, 0.3) is 11.0 Å². The number of pyridine rings is 1. The second kappa shape index (κ2) is 7.90. The fourth-order valence-electron chi connectivity index (χ4n) is 3.75. The summed E-state index contributed by atoms with van der Waals surface area (Å²) in [5, 5.41) is 4.84. The van der Waals surface area contributed by atoms with Crippen molar-refractivity contribution in [2.45, 2.75) is 24.9 Å². The zero-order chi connectivity index (χ0) is 18.6. The van der Waals surface area contributed by atoms with E-state index in [-0.39, 0.29) is 11.9 Å². The minimum Gasteiger partial charge on any atom is -0.459 e. The summed E-state index contributed by atoms with van der Waals surface area (Å²) in [4.78, 5) is 17.5. The van der Waals surface area contributed by atoms with Crippen LogP contribution in [0.15, 0.2) is 59.3 Å². The molecule has 27 heavy (non-hydrogen) atoms. The van der Waals surface area contributed by atoms with Crippen LogP contribution in [-0.2, 0) is 4.79 Å². The molecule has 1 fully saturated rings. The summed E-state index contributed by atoms with van der Waals surface area (Å²) in [6.45, 7) is 2.06. The number of carbonyl (C=O) groups is 1. The van der Waals surface area contributed by atoms with Crippen molar-refractivity contribution in [2.75, 3.05) is 19.6 Å². The highest BCUT2D eigenvalue weighted by atomic mass is 16.3. The van der Waals surface area contributed by atoms with Crippen molar-refractivity contribution >= 4 is 16.9 Å². The van der Waals surface area contributed by atoms with Crippen LogP contribution in [0.1, 0.15) is 30.2 Å². The van der Waals surface area contributed by atoms with Gasteiger partial charge in [0.2, 0.25) is 5.91 Å². The Morgan fingerprint density at radius 2 is 2.07 bits per heavy atom. The number of hydrogen-bond donors (Lipinski definition) is 2. The van der Waals surface area contributed by atoms with E-state index in [1.54, 1.807) is 6.20 Å². The Balaban J connectivity index is 1.54. The molecule has 1 saturated heterocycles. The van der Waals surface area contributed by atoms with Crippen LogP contribution >= 0.6 is 0 Å². The SMILES string of the molecule is NC(=O)CN1CCC(N[C@H](c2cccnc2)c2cc3ccccc3o2)CC1. The van der Waals surface area contributed by atoms with E-state index in [9.17, 15) is 4.79 Å². The molecule has 1 aromatic carbocycles. The van der Waals surface area contributed by atoms with Crippen LogP contribution in [0, 0.1) is 0 Å². The van der Waals surface area contributed by atoms with Crippen LogP contribution in [0.3, 0.4) is 0 Å². The lowest BCUT2D eigenvalue weighted by Gasteiger charge is -2.33. The van der Waals surface area contributed by atoms with Gasteiger partial charge < -0.3 is 15.5 Å². The van der Waals surface area contributed by atoms with E-state index in [4.69, 9.17) is 10.2 Å². The van der Waals surface area contributed by atoms with Crippen LogP contribution in [0.4, 0.5) is 0 Å². The molecule has 3 aromatic rings. The number of nitrogens with zero attached hydrogens (tertiary/aromatic N) is 2. The number of likely N-dealkylation sites (tertiary alicyclic amines) is 1. The van der Waals surface area contributed by atoms with Crippen LogP contribution in [0.2, 0.25) is 0 Å². The number of nitrogens with one attached hydrogen (secondary N) is 1. The Kier molecular flexibility index (Phi) is 5.18. The quantitative estimate of drug-likeness (QED) is 0.702. The number of para-hydroxylation sites is 1. The standard InChI is InChI=1S/C21H24N4O2/c22-20(26)14-25-10-7-17(8-11-25)24-21(16-5-3-9-23-13-16)19-12-15-4-1-2-6-18(15)27-19/h1-6,9,12-13,17,21,24H,7-8,10-11,14H2,(H2,22,26)/t21-/m1/s1. The second-order valence-corrected chi connectivity index (χ2v) is 7.09. The summed E-state index contributed by atoms with van der Waals surface area (Å²) < 4.78 is 6.14. The maximum atomic E-state index is 11.1. The van der Waals surface area contributed by atoms with Crippen molar-refractivity contribution in [3.8, 4) is 0 Å². The second-order valence-electron chi connectivity index (χ2n) is 7.09. The van der Waals surface area contributed by atoms with Gasteiger partial charge in [0.15, 0.2) is 0 Å². The molecule has 0 radical (unpaired) electrons. The molecule has 6 nitrogen and oxygen atoms in total. The number of piperidine rings is 1. The lowest BCUT2D eigenvalue weighted by molar-refractivity contribution is -0.119. The molecule has 0 bridgehead atoms. The number of benzene rings is 1. The first-order valence-electron chi connectivity index (χ1n) is 9.34. The molecule has 3 N–H and O–H groups in total. The number of carbonyl (C=O) groups excluding carboxylic acids is 1. The summed E-state index contributed by atoms with van der Waals surface area (Å²) in [6.07, 6.45) is 5.59. The lowest BCUT2D eigenvalue weighted by atomic mass is 10.00. The molecular formula is C21H24N4O2. The van der Waals surface area contributed by atoms with Crippen LogP contribution in [-0.4, -0.2) is 41.5 Å². The van der Waals surface area contributed by atoms with Gasteiger partial charge in [-0.2, -0.15) is 0 Å². The number of primary amides is 1. The van der Waals surface area contributed by atoms with Gasteiger partial charge in [-0.05, 0) is 36.6 Å². The Hall–Kier alpha value is -2.70. The van der Waals surface area contributed by atoms with Crippen molar-refractivity contribution < 1.29 is 9.21 Å². The van der Waals surface area contributed by atoms with Crippen molar-refractivity contribution in [3.05, 3.63) is 66.2 Å². The minimum absolute atomic E-state index is 0.0567. The normalized spacial score (nSPS) is 17.2. The predicted octanol–water partition coefficient (Wildman–Crippen LogP) is 2.46. The van der Waals surface area contributed by atoms with Crippen molar-refractivity contribution in [3.63, 3.8) is 0 Å². The number of amides is 1. The predicted molar refractivity (Wildman–Crippen MR) is 104 cm³/mol. The monoisotopic (exact) mass is 364 g/mol. The van der Waals surface area contributed by atoms with E-state index in [1.807, 2.05) is 30.5 Å². The highest BCUT2D eigenvalue weighted by Crippen LogP contribution is 2.29. The maximum Gasteiger partial charge on any atom is 0.231 e. The third-order valence-electron chi connectivity index (χ3n) is 5.12. The van der Waals surface area contributed by atoms with Crippen LogP contribution in [0.5, 0.6) is 0 Å². The highest BCUT2D eigenvalue weighted by molar-refractivity contribution is 5.78. The van der Waals surface area contributed by atoms with E-state index in [0.29, 0.717) is 12.6 Å². The van der Waals surface area contributed by atoms with Gasteiger partial charge in [-0.1, -0.05) is 24.3 Å². The van der Waals surface area contributed by atoms with E-state index in [0.717, 1.165) is 48.2 Å². The molecule has 0 unspecified atom stereocenters. The molecule has 1 atom stereocenters. The molecule has 1 aliphatic rings. The molecule has 1 aliphatic heterocycles. The Labute approximate surface area is 158 Å². The number of aromatic nitrogens is 1. The van der Waals surface area contributed by atoms with Gasteiger partial charge in [-0.3, -0.25) is 14.7 Å².